The molecule has 0 amide bonds. The molecule has 0 aliphatic heterocycles. The molecule has 0 saturated heterocycles. The zero-order valence-electron chi connectivity index (χ0n) is 26.5. The lowest BCUT2D eigenvalue weighted by atomic mass is 9.54. The molecule has 0 aromatic heterocycles. The van der Waals surface area contributed by atoms with E-state index in [1.54, 1.807) is 0 Å². The molecule has 8 N–H and O–H groups in total. The fourth-order valence-electron chi connectivity index (χ4n) is 5.81. The number of benzene rings is 4. The van der Waals surface area contributed by atoms with Crippen molar-refractivity contribution in [3.8, 4) is 23.0 Å². The van der Waals surface area contributed by atoms with E-state index in [-0.39, 0.29) is 23.0 Å². The molecule has 0 fully saturated rings. The molecule has 0 spiro atoms. The van der Waals surface area contributed by atoms with Gasteiger partial charge in [0, 0.05) is 0 Å². The van der Waals surface area contributed by atoms with Gasteiger partial charge in [-0.2, -0.15) is 0 Å². The Morgan fingerprint density at radius 2 is 0.774 bits per heavy atom. The average Bonchev–Trinajstić information content (AvgIpc) is 3.07. The second kappa shape index (κ2) is 14.6. The Kier molecular flexibility index (Phi) is 10.5. The SMILES string of the molecule is O=C(O)CC(c1cccc(Oc2ccc(C(=O)O)c(C(=O)O)c2)c1)(c1cccc(Oc2ccc(C(=O)O)c(C(=O)O)c2)c1)C(C(=O)O)(C(=O)O)C(=O)O. The third kappa shape index (κ3) is 6.99. The van der Waals surface area contributed by atoms with E-state index in [9.17, 15) is 79.2 Å². The Labute approximate surface area is 294 Å². The lowest BCUT2D eigenvalue weighted by Crippen LogP contribution is -2.62. The lowest BCUT2D eigenvalue weighted by molar-refractivity contribution is -0.181. The van der Waals surface area contributed by atoms with Crippen molar-refractivity contribution in [2.45, 2.75) is 11.8 Å². The molecule has 4 aromatic rings. The first-order valence-electron chi connectivity index (χ1n) is 14.6. The van der Waals surface area contributed by atoms with Gasteiger partial charge in [-0.25, -0.2) is 19.2 Å². The highest BCUT2D eigenvalue weighted by molar-refractivity contribution is 6.19. The van der Waals surface area contributed by atoms with Gasteiger partial charge in [-0.15, -0.1) is 0 Å². The van der Waals surface area contributed by atoms with Crippen molar-refractivity contribution in [3.05, 3.63) is 118 Å². The second-order valence-electron chi connectivity index (χ2n) is 11.0. The minimum Gasteiger partial charge on any atom is -0.481 e. The molecule has 0 heterocycles. The van der Waals surface area contributed by atoms with Gasteiger partial charge >= 0.3 is 47.8 Å². The summed E-state index contributed by atoms with van der Waals surface area (Å²) in [5.41, 5.74) is -10.8. The summed E-state index contributed by atoms with van der Waals surface area (Å²) in [5.74, 6) is -17.1. The smallest absolute Gasteiger partial charge is 0.336 e. The van der Waals surface area contributed by atoms with Gasteiger partial charge < -0.3 is 50.3 Å². The summed E-state index contributed by atoms with van der Waals surface area (Å²) in [6.07, 6.45) is -1.52. The first-order chi connectivity index (χ1) is 24.9. The molecular weight excluding hydrogens is 708 g/mol. The zero-order valence-corrected chi connectivity index (χ0v) is 26.5. The van der Waals surface area contributed by atoms with Gasteiger partial charge in [-0.1, -0.05) is 24.3 Å². The summed E-state index contributed by atoms with van der Waals surface area (Å²) in [6.45, 7) is 0. The highest BCUT2D eigenvalue weighted by atomic mass is 16.5. The zero-order chi connectivity index (χ0) is 39.4. The number of aliphatic carboxylic acids is 4. The summed E-state index contributed by atoms with van der Waals surface area (Å²) in [5, 5.41) is 79.1. The topological polar surface area (TPSA) is 317 Å². The molecule has 0 atom stereocenters. The van der Waals surface area contributed by atoms with Crippen LogP contribution in [0.25, 0.3) is 0 Å². The van der Waals surface area contributed by atoms with Crippen molar-refractivity contribution in [1.29, 1.82) is 0 Å². The Hall–Kier alpha value is -7.76. The van der Waals surface area contributed by atoms with Crippen molar-refractivity contribution in [2.24, 2.45) is 5.41 Å². The Morgan fingerprint density at radius 3 is 1.08 bits per heavy atom. The predicted molar refractivity (Wildman–Crippen MR) is 172 cm³/mol. The van der Waals surface area contributed by atoms with Crippen molar-refractivity contribution in [3.63, 3.8) is 0 Å². The summed E-state index contributed by atoms with van der Waals surface area (Å²) in [6, 6.07) is 14.1. The van der Waals surface area contributed by atoms with Crippen LogP contribution in [0.3, 0.4) is 0 Å². The Morgan fingerprint density at radius 1 is 0.434 bits per heavy atom. The maximum absolute atomic E-state index is 13.0. The Balaban J connectivity index is 2.01. The van der Waals surface area contributed by atoms with E-state index in [1.807, 2.05) is 0 Å². The van der Waals surface area contributed by atoms with Crippen molar-refractivity contribution in [1.82, 2.24) is 0 Å². The molecule has 0 radical (unpaired) electrons. The van der Waals surface area contributed by atoms with Crippen LogP contribution in [-0.4, -0.2) is 88.6 Å². The van der Waals surface area contributed by atoms with Gasteiger partial charge in [0.1, 0.15) is 23.0 Å². The van der Waals surface area contributed by atoms with Gasteiger partial charge in [0.05, 0.1) is 34.1 Å². The number of hydrogen-bond acceptors (Lipinski definition) is 10. The number of carboxylic acids is 8. The quantitative estimate of drug-likeness (QED) is 0.0752. The van der Waals surface area contributed by atoms with Crippen LogP contribution in [0.5, 0.6) is 23.0 Å². The maximum atomic E-state index is 13.0. The van der Waals surface area contributed by atoms with Gasteiger partial charge in [-0.05, 0) is 71.8 Å². The number of carboxylic acid groups (broad SMARTS) is 8. The van der Waals surface area contributed by atoms with Gasteiger partial charge in [0.2, 0.25) is 0 Å². The predicted octanol–water partition coefficient (Wildman–Crippen LogP) is 4.07. The highest BCUT2D eigenvalue weighted by Crippen LogP contribution is 2.52. The number of hydrogen-bond donors (Lipinski definition) is 8. The van der Waals surface area contributed by atoms with Crippen LogP contribution >= 0.6 is 0 Å². The number of rotatable bonds is 16. The molecule has 4 rings (SSSR count). The van der Waals surface area contributed by atoms with Crippen molar-refractivity contribution < 1.29 is 88.7 Å². The molecule has 53 heavy (non-hydrogen) atoms. The fraction of sp³-hybridized carbons (Fsp3) is 0.0857. The summed E-state index contributed by atoms with van der Waals surface area (Å²) in [4.78, 5) is 97.9. The number of aromatic carboxylic acids is 4. The molecule has 0 unspecified atom stereocenters. The van der Waals surface area contributed by atoms with Crippen molar-refractivity contribution >= 4 is 47.8 Å². The van der Waals surface area contributed by atoms with E-state index in [1.165, 1.54) is 12.1 Å². The molecule has 272 valence electrons. The molecule has 18 nitrogen and oxygen atoms in total. The van der Waals surface area contributed by atoms with Crippen LogP contribution < -0.4 is 9.47 Å². The van der Waals surface area contributed by atoms with Gasteiger partial charge in [0.15, 0.2) is 0 Å². The normalized spacial score (nSPS) is 11.2. The maximum Gasteiger partial charge on any atom is 0.336 e. The second-order valence-corrected chi connectivity index (χ2v) is 11.0. The number of carbonyl (C=O) groups is 8. The Bertz CT molecular complexity index is 2060. The minimum absolute atomic E-state index is 0.292. The van der Waals surface area contributed by atoms with Gasteiger partial charge in [-0.3, -0.25) is 19.2 Å². The van der Waals surface area contributed by atoms with Crippen molar-refractivity contribution in [2.75, 3.05) is 0 Å². The van der Waals surface area contributed by atoms with E-state index in [4.69, 9.17) is 9.47 Å². The standard InChI is InChI=1S/C35H24O18/c36-26(37)15-34(35(31(46)47,32(48)49)33(50)51,16-3-1-5-18(11-16)52-20-7-9-22(27(38)39)24(13-20)29(42)43)17-4-2-6-19(12-17)53-21-8-10-23(28(40)41)25(14-21)30(44)45/h1-14H,15H2,(H,36,37)(H,38,39)(H,40,41)(H,42,43)(H,44,45)(H,46,47)(H,48,49)(H,50,51). The molecular formula is C35H24O18. The van der Waals surface area contributed by atoms with Crippen LogP contribution in [-0.2, 0) is 24.6 Å². The van der Waals surface area contributed by atoms with Crippen LogP contribution in [0, 0.1) is 5.41 Å². The summed E-state index contributed by atoms with van der Waals surface area (Å²) < 4.78 is 11.3. The van der Waals surface area contributed by atoms with Crippen LogP contribution in [0.15, 0.2) is 84.9 Å². The summed E-state index contributed by atoms with van der Waals surface area (Å²) in [7, 11) is 0. The molecule has 0 aliphatic rings. The van der Waals surface area contributed by atoms with E-state index in [0.717, 1.165) is 72.8 Å². The number of ether oxygens (including phenoxy) is 2. The highest BCUT2D eigenvalue weighted by Gasteiger charge is 2.70. The monoisotopic (exact) mass is 732 g/mol. The molecule has 0 bridgehead atoms. The largest absolute Gasteiger partial charge is 0.481 e. The van der Waals surface area contributed by atoms with Crippen LogP contribution in [0.1, 0.15) is 59.0 Å². The lowest BCUT2D eigenvalue weighted by Gasteiger charge is -2.42. The van der Waals surface area contributed by atoms with E-state index < -0.39 is 98.4 Å². The third-order valence-electron chi connectivity index (χ3n) is 8.05. The summed E-state index contributed by atoms with van der Waals surface area (Å²) >= 11 is 0. The van der Waals surface area contributed by atoms with Gasteiger partial charge in [0.25, 0.3) is 5.41 Å². The third-order valence-corrected chi connectivity index (χ3v) is 8.05. The van der Waals surface area contributed by atoms with E-state index in [0.29, 0.717) is 0 Å². The van der Waals surface area contributed by atoms with E-state index in [2.05, 4.69) is 0 Å². The molecule has 4 aromatic carbocycles. The molecule has 0 saturated carbocycles. The molecule has 0 aliphatic carbocycles. The van der Waals surface area contributed by atoms with Crippen LogP contribution in [0.4, 0.5) is 0 Å². The first kappa shape index (κ1) is 38.0. The average molecular weight is 733 g/mol. The van der Waals surface area contributed by atoms with Crippen LogP contribution in [0.2, 0.25) is 0 Å². The fourth-order valence-corrected chi connectivity index (χ4v) is 5.81. The minimum atomic E-state index is -4.01. The molecule has 18 heteroatoms. The first-order valence-corrected chi connectivity index (χ1v) is 14.6. The van der Waals surface area contributed by atoms with E-state index >= 15 is 0 Å².